The second-order valence-electron chi connectivity index (χ2n) is 2.20. The Balaban J connectivity index is 3.51. The van der Waals surface area contributed by atoms with Gasteiger partial charge in [0.15, 0.2) is 0 Å². The van der Waals surface area contributed by atoms with Crippen LogP contribution in [0.4, 0.5) is 0 Å². The summed E-state index contributed by atoms with van der Waals surface area (Å²) in [6.45, 7) is 8.51. The van der Waals surface area contributed by atoms with Gasteiger partial charge in [-0.15, -0.1) is 0 Å². The van der Waals surface area contributed by atoms with Crippen molar-refractivity contribution in [3.63, 3.8) is 0 Å². The van der Waals surface area contributed by atoms with Crippen molar-refractivity contribution in [1.82, 2.24) is 0 Å². The van der Waals surface area contributed by atoms with E-state index in [4.69, 9.17) is 4.74 Å². The van der Waals surface area contributed by atoms with E-state index in [0.717, 1.165) is 18.8 Å². The van der Waals surface area contributed by atoms with Crippen LogP contribution < -0.4 is 0 Å². The van der Waals surface area contributed by atoms with E-state index in [1.165, 1.54) is 0 Å². The van der Waals surface area contributed by atoms with Gasteiger partial charge in [-0.25, -0.2) is 0 Å². The summed E-state index contributed by atoms with van der Waals surface area (Å²) < 4.78 is 5.22. The van der Waals surface area contributed by atoms with E-state index in [1.807, 2.05) is 31.2 Å². The van der Waals surface area contributed by atoms with Crippen LogP contribution in [0.15, 0.2) is 36.6 Å². The molecular formula is C10H16O. The summed E-state index contributed by atoms with van der Waals surface area (Å²) in [4.78, 5) is 0. The van der Waals surface area contributed by atoms with Gasteiger partial charge in [-0.2, -0.15) is 0 Å². The molecule has 0 saturated heterocycles. The molecule has 0 amide bonds. The van der Waals surface area contributed by atoms with Gasteiger partial charge < -0.3 is 4.74 Å². The van der Waals surface area contributed by atoms with Crippen LogP contribution in [0, 0.1) is 0 Å². The number of allylic oxidation sites excluding steroid dienone is 4. The first-order valence-corrected chi connectivity index (χ1v) is 3.92. The van der Waals surface area contributed by atoms with Crippen molar-refractivity contribution in [2.75, 3.05) is 6.61 Å². The zero-order valence-electron chi connectivity index (χ0n) is 7.34. The molecule has 62 valence electrons. The third-order valence-electron chi connectivity index (χ3n) is 1.08. The summed E-state index contributed by atoms with van der Waals surface area (Å²) in [5.41, 5.74) is 0. The largest absolute Gasteiger partial charge is 0.494 e. The van der Waals surface area contributed by atoms with Gasteiger partial charge in [0.1, 0.15) is 5.76 Å². The SMILES string of the molecule is C=C(/C=C\C=C/C)OCCC. The van der Waals surface area contributed by atoms with Crippen molar-refractivity contribution in [3.8, 4) is 0 Å². The van der Waals surface area contributed by atoms with Gasteiger partial charge in [-0.1, -0.05) is 31.7 Å². The molecule has 0 aliphatic rings. The highest BCUT2D eigenvalue weighted by atomic mass is 16.5. The smallest absolute Gasteiger partial charge is 0.112 e. The first-order valence-electron chi connectivity index (χ1n) is 3.92. The van der Waals surface area contributed by atoms with Gasteiger partial charge in [-0.05, 0) is 19.4 Å². The molecule has 0 aliphatic carbocycles. The first kappa shape index (κ1) is 10.0. The van der Waals surface area contributed by atoms with Crippen molar-refractivity contribution >= 4 is 0 Å². The van der Waals surface area contributed by atoms with Crippen LogP contribution in [-0.2, 0) is 4.74 Å². The fraction of sp³-hybridized carbons (Fsp3) is 0.400. The maximum absolute atomic E-state index is 5.22. The van der Waals surface area contributed by atoms with E-state index in [2.05, 4.69) is 13.5 Å². The molecule has 0 bridgehead atoms. The van der Waals surface area contributed by atoms with Crippen LogP contribution in [0.2, 0.25) is 0 Å². The van der Waals surface area contributed by atoms with Gasteiger partial charge in [-0.3, -0.25) is 0 Å². The van der Waals surface area contributed by atoms with E-state index in [0.29, 0.717) is 0 Å². The molecule has 0 aromatic rings. The van der Waals surface area contributed by atoms with Gasteiger partial charge in [0, 0.05) is 0 Å². The van der Waals surface area contributed by atoms with Crippen LogP contribution in [0.5, 0.6) is 0 Å². The third kappa shape index (κ3) is 6.91. The molecule has 0 saturated carbocycles. The molecule has 0 radical (unpaired) electrons. The Morgan fingerprint density at radius 1 is 1.45 bits per heavy atom. The van der Waals surface area contributed by atoms with Crippen LogP contribution in [0.1, 0.15) is 20.3 Å². The number of hydrogen-bond donors (Lipinski definition) is 0. The quantitative estimate of drug-likeness (QED) is 0.434. The zero-order valence-corrected chi connectivity index (χ0v) is 7.34. The van der Waals surface area contributed by atoms with Gasteiger partial charge in [0.05, 0.1) is 6.61 Å². The number of rotatable bonds is 5. The Hall–Kier alpha value is -0.980. The molecule has 0 aromatic carbocycles. The Morgan fingerprint density at radius 3 is 2.73 bits per heavy atom. The molecule has 0 aliphatic heterocycles. The average Bonchev–Trinajstić information content (AvgIpc) is 2.01. The molecule has 11 heavy (non-hydrogen) atoms. The molecule has 0 aromatic heterocycles. The fourth-order valence-electron chi connectivity index (χ4n) is 0.555. The Labute approximate surface area is 69.1 Å². The van der Waals surface area contributed by atoms with E-state index in [-0.39, 0.29) is 0 Å². The highest BCUT2D eigenvalue weighted by Gasteiger charge is 1.84. The van der Waals surface area contributed by atoms with E-state index in [9.17, 15) is 0 Å². The summed E-state index contributed by atoms with van der Waals surface area (Å²) in [6, 6.07) is 0. The average molecular weight is 152 g/mol. The van der Waals surface area contributed by atoms with Crippen LogP contribution in [-0.4, -0.2) is 6.61 Å². The molecule has 0 heterocycles. The number of ether oxygens (including phenoxy) is 1. The van der Waals surface area contributed by atoms with Crippen molar-refractivity contribution in [2.45, 2.75) is 20.3 Å². The molecule has 0 fully saturated rings. The molecule has 1 heteroatoms. The summed E-state index contributed by atoms with van der Waals surface area (Å²) in [7, 11) is 0. The van der Waals surface area contributed by atoms with Gasteiger partial charge >= 0.3 is 0 Å². The lowest BCUT2D eigenvalue weighted by Gasteiger charge is -2.01. The standard InChI is InChI=1S/C10H16O/c1-4-6-7-8-10(3)11-9-5-2/h4,6-8H,3,5,9H2,1-2H3/b6-4-,8-7-. The summed E-state index contributed by atoms with van der Waals surface area (Å²) in [6.07, 6.45) is 8.70. The molecule has 0 unspecified atom stereocenters. The number of hydrogen-bond acceptors (Lipinski definition) is 1. The summed E-state index contributed by atoms with van der Waals surface area (Å²) >= 11 is 0. The van der Waals surface area contributed by atoms with E-state index >= 15 is 0 Å². The monoisotopic (exact) mass is 152 g/mol. The molecule has 0 spiro atoms. The van der Waals surface area contributed by atoms with Crippen molar-refractivity contribution in [2.24, 2.45) is 0 Å². The van der Waals surface area contributed by atoms with Gasteiger partial charge in [0.25, 0.3) is 0 Å². The van der Waals surface area contributed by atoms with Crippen molar-refractivity contribution < 1.29 is 4.74 Å². The molecule has 0 atom stereocenters. The van der Waals surface area contributed by atoms with Crippen LogP contribution in [0.25, 0.3) is 0 Å². The van der Waals surface area contributed by atoms with Crippen LogP contribution in [0.3, 0.4) is 0 Å². The van der Waals surface area contributed by atoms with Crippen LogP contribution >= 0.6 is 0 Å². The molecule has 0 N–H and O–H groups in total. The second kappa shape index (κ2) is 7.13. The maximum Gasteiger partial charge on any atom is 0.112 e. The van der Waals surface area contributed by atoms with Crippen molar-refractivity contribution in [1.29, 1.82) is 0 Å². The minimum atomic E-state index is 0.727. The topological polar surface area (TPSA) is 9.23 Å². The van der Waals surface area contributed by atoms with Crippen molar-refractivity contribution in [3.05, 3.63) is 36.6 Å². The lowest BCUT2D eigenvalue weighted by atomic mass is 10.4. The maximum atomic E-state index is 5.22. The molecule has 1 nitrogen and oxygen atoms in total. The van der Waals surface area contributed by atoms with E-state index < -0.39 is 0 Å². The minimum Gasteiger partial charge on any atom is -0.494 e. The zero-order chi connectivity index (χ0) is 8.53. The minimum absolute atomic E-state index is 0.727. The summed E-state index contributed by atoms with van der Waals surface area (Å²) in [5, 5.41) is 0. The third-order valence-corrected chi connectivity index (χ3v) is 1.08. The Morgan fingerprint density at radius 2 is 2.18 bits per heavy atom. The van der Waals surface area contributed by atoms with Gasteiger partial charge in [0.2, 0.25) is 0 Å². The predicted molar refractivity (Wildman–Crippen MR) is 49.3 cm³/mol. The second-order valence-corrected chi connectivity index (χ2v) is 2.20. The Bertz CT molecular complexity index is 154. The highest BCUT2D eigenvalue weighted by Crippen LogP contribution is 1.96. The normalized spacial score (nSPS) is 11.1. The summed E-state index contributed by atoms with van der Waals surface area (Å²) in [5.74, 6) is 0.727. The Kier molecular flexibility index (Phi) is 6.50. The predicted octanol–water partition coefficient (Wildman–Crippen LogP) is 3.06. The lowest BCUT2D eigenvalue weighted by Crippen LogP contribution is -1.88. The fourth-order valence-corrected chi connectivity index (χ4v) is 0.555. The molecule has 0 rings (SSSR count). The molecular weight excluding hydrogens is 136 g/mol. The van der Waals surface area contributed by atoms with E-state index in [1.54, 1.807) is 0 Å². The highest BCUT2D eigenvalue weighted by molar-refractivity contribution is 5.13. The first-order chi connectivity index (χ1) is 5.31. The lowest BCUT2D eigenvalue weighted by molar-refractivity contribution is 0.226.